The number of imidazole rings is 1. The lowest BCUT2D eigenvalue weighted by Crippen LogP contribution is -3.14. The van der Waals surface area contributed by atoms with Gasteiger partial charge >= 0.3 is 11.8 Å². The molecule has 1 fully saturated rings. The minimum Gasteiger partial charge on any atom is -0.450 e. The molecule has 0 unspecified atom stereocenters. The minimum atomic E-state index is -0.391. The first-order chi connectivity index (χ1) is 11.9. The highest BCUT2D eigenvalue weighted by molar-refractivity contribution is 5.69. The molecule has 0 radical (unpaired) electrons. The Labute approximate surface area is 143 Å². The van der Waals surface area contributed by atoms with Crippen molar-refractivity contribution in [2.45, 2.75) is 13.6 Å². The Kier molecular flexibility index (Phi) is 4.62. The van der Waals surface area contributed by atoms with E-state index in [1.54, 1.807) is 29.8 Å². The van der Waals surface area contributed by atoms with Gasteiger partial charge < -0.3 is 9.64 Å². The molecule has 0 aromatic carbocycles. The van der Waals surface area contributed by atoms with Crippen LogP contribution in [0.3, 0.4) is 0 Å². The monoisotopic (exact) mass is 351 g/mol. The average molecular weight is 351 g/mol. The predicted octanol–water partition coefficient (Wildman–Crippen LogP) is -2.25. The smallest absolute Gasteiger partial charge is 0.410 e. The summed E-state index contributed by atoms with van der Waals surface area (Å²) >= 11 is 0. The molecule has 25 heavy (non-hydrogen) atoms. The molecular formula is C15H23N6O4+. The van der Waals surface area contributed by atoms with Crippen molar-refractivity contribution in [3.05, 3.63) is 27.2 Å². The minimum absolute atomic E-state index is 0.279. The van der Waals surface area contributed by atoms with Gasteiger partial charge in [-0.3, -0.25) is 23.4 Å². The maximum Gasteiger partial charge on any atom is 0.410 e. The van der Waals surface area contributed by atoms with Gasteiger partial charge in [0.1, 0.15) is 6.33 Å². The number of quaternary nitrogens is 1. The molecule has 1 amide bonds. The van der Waals surface area contributed by atoms with E-state index in [0.717, 1.165) is 17.7 Å². The quantitative estimate of drug-likeness (QED) is 0.674. The van der Waals surface area contributed by atoms with Crippen LogP contribution in [0.5, 0.6) is 0 Å². The molecule has 10 nitrogen and oxygen atoms in total. The molecule has 1 N–H and O–H groups in total. The topological polar surface area (TPSA) is 95.8 Å². The lowest BCUT2D eigenvalue weighted by molar-refractivity contribution is -0.926. The van der Waals surface area contributed by atoms with Gasteiger partial charge in [-0.2, -0.15) is 0 Å². The fourth-order valence-electron chi connectivity index (χ4n) is 3.14. The Bertz CT molecular complexity index is 903. The highest BCUT2D eigenvalue weighted by Crippen LogP contribution is 2.04. The summed E-state index contributed by atoms with van der Waals surface area (Å²) < 4.78 is 9.27. The van der Waals surface area contributed by atoms with Crippen LogP contribution in [-0.2, 0) is 25.5 Å². The molecule has 0 bridgehead atoms. The number of nitrogens with zero attached hydrogens (tertiary/aromatic N) is 5. The fraction of sp³-hybridized carbons (Fsp3) is 0.600. The first kappa shape index (κ1) is 17.2. The van der Waals surface area contributed by atoms with Gasteiger partial charge in [-0.05, 0) is 6.92 Å². The first-order valence-corrected chi connectivity index (χ1v) is 8.30. The summed E-state index contributed by atoms with van der Waals surface area (Å²) in [7, 11) is 3.07. The number of carbonyl (C=O) groups excluding carboxylic acids is 1. The maximum atomic E-state index is 12.4. The normalized spacial score (nSPS) is 15.7. The maximum absolute atomic E-state index is 12.4. The Balaban J connectivity index is 1.78. The van der Waals surface area contributed by atoms with Crippen LogP contribution < -0.4 is 16.1 Å². The third-order valence-corrected chi connectivity index (χ3v) is 4.61. The van der Waals surface area contributed by atoms with Gasteiger partial charge in [-0.25, -0.2) is 14.6 Å². The second-order valence-corrected chi connectivity index (χ2v) is 6.19. The number of hydrogen-bond acceptors (Lipinski definition) is 5. The van der Waals surface area contributed by atoms with E-state index < -0.39 is 5.69 Å². The third kappa shape index (κ3) is 3.04. The number of nitrogens with one attached hydrogen (secondary N) is 1. The molecule has 0 saturated carbocycles. The molecule has 1 aliphatic heterocycles. The zero-order valence-corrected chi connectivity index (χ0v) is 14.7. The standard InChI is InChI=1S/C15H22N6O4/c1-4-25-15(24)20-7-5-19(6-8-20)10-21-9-16-12-11(21)13(22)18(3)14(23)17(12)2/h9H,4-8,10H2,1-3H3/p+1. The summed E-state index contributed by atoms with van der Waals surface area (Å²) in [6.07, 6.45) is 1.31. The number of aryl methyl sites for hydroxylation is 1. The Morgan fingerprint density at radius 2 is 1.92 bits per heavy atom. The highest BCUT2D eigenvalue weighted by Gasteiger charge is 2.25. The van der Waals surface area contributed by atoms with Crippen LogP contribution >= 0.6 is 0 Å². The zero-order chi connectivity index (χ0) is 18.1. The Morgan fingerprint density at radius 1 is 1.24 bits per heavy atom. The molecule has 1 aliphatic rings. The van der Waals surface area contributed by atoms with Crippen molar-refractivity contribution in [2.75, 3.05) is 32.8 Å². The third-order valence-electron chi connectivity index (χ3n) is 4.61. The van der Waals surface area contributed by atoms with Gasteiger partial charge in [-0.15, -0.1) is 0 Å². The number of hydrogen-bond donors (Lipinski definition) is 1. The van der Waals surface area contributed by atoms with Crippen LogP contribution in [0.4, 0.5) is 4.79 Å². The van der Waals surface area contributed by atoms with Crippen LogP contribution in [0.15, 0.2) is 15.9 Å². The van der Waals surface area contributed by atoms with Crippen LogP contribution in [0, 0.1) is 0 Å². The van der Waals surface area contributed by atoms with Crippen molar-refractivity contribution in [1.29, 1.82) is 0 Å². The number of carbonyl (C=O) groups is 1. The fourth-order valence-corrected chi connectivity index (χ4v) is 3.14. The number of piperazine rings is 1. The summed E-state index contributed by atoms with van der Waals surface area (Å²) in [6.45, 7) is 5.44. The molecule has 2 aromatic rings. The van der Waals surface area contributed by atoms with Gasteiger partial charge in [-0.1, -0.05) is 0 Å². The summed E-state index contributed by atoms with van der Waals surface area (Å²) in [4.78, 5) is 43.3. The molecule has 0 aliphatic carbocycles. The number of fused-ring (bicyclic) bond motifs is 1. The van der Waals surface area contributed by atoms with Crippen molar-refractivity contribution in [1.82, 2.24) is 23.6 Å². The van der Waals surface area contributed by atoms with E-state index in [-0.39, 0.29) is 11.7 Å². The van der Waals surface area contributed by atoms with Crippen LogP contribution in [0.2, 0.25) is 0 Å². The molecule has 3 heterocycles. The number of aromatic nitrogens is 4. The molecule has 0 spiro atoms. The van der Waals surface area contributed by atoms with E-state index in [9.17, 15) is 14.4 Å². The number of rotatable bonds is 3. The average Bonchev–Trinajstić information content (AvgIpc) is 3.02. The van der Waals surface area contributed by atoms with Gasteiger partial charge in [0.2, 0.25) is 0 Å². The molecule has 10 heteroatoms. The van der Waals surface area contributed by atoms with Gasteiger partial charge in [0.25, 0.3) is 5.56 Å². The van der Waals surface area contributed by atoms with Gasteiger partial charge in [0.05, 0.1) is 32.8 Å². The zero-order valence-electron chi connectivity index (χ0n) is 14.7. The number of ether oxygens (including phenoxy) is 1. The van der Waals surface area contributed by atoms with Crippen LogP contribution in [-0.4, -0.2) is 62.5 Å². The number of amides is 1. The summed E-state index contributed by atoms with van der Waals surface area (Å²) in [5.74, 6) is 0. The predicted molar refractivity (Wildman–Crippen MR) is 89.5 cm³/mol. The van der Waals surface area contributed by atoms with E-state index in [4.69, 9.17) is 4.74 Å². The van der Waals surface area contributed by atoms with Crippen molar-refractivity contribution >= 4 is 17.3 Å². The van der Waals surface area contributed by atoms with Crippen molar-refractivity contribution in [2.24, 2.45) is 14.1 Å². The van der Waals surface area contributed by atoms with Gasteiger partial charge in [0, 0.05) is 14.1 Å². The Hall–Kier alpha value is -2.62. The lowest BCUT2D eigenvalue weighted by Gasteiger charge is -2.31. The molecule has 1 saturated heterocycles. The van der Waals surface area contributed by atoms with E-state index in [1.165, 1.54) is 16.5 Å². The van der Waals surface area contributed by atoms with Crippen LogP contribution in [0.25, 0.3) is 11.2 Å². The van der Waals surface area contributed by atoms with E-state index in [2.05, 4.69) is 4.98 Å². The molecule has 2 aromatic heterocycles. The summed E-state index contributed by atoms with van der Waals surface area (Å²) in [5.41, 5.74) is 0.0703. The molecular weight excluding hydrogens is 328 g/mol. The van der Waals surface area contributed by atoms with Crippen LogP contribution in [0.1, 0.15) is 6.92 Å². The second kappa shape index (κ2) is 6.71. The van der Waals surface area contributed by atoms with E-state index in [0.29, 0.717) is 37.5 Å². The summed E-state index contributed by atoms with van der Waals surface area (Å²) in [5, 5.41) is 0. The second-order valence-electron chi connectivity index (χ2n) is 6.19. The first-order valence-electron chi connectivity index (χ1n) is 8.30. The highest BCUT2D eigenvalue weighted by atomic mass is 16.6. The Morgan fingerprint density at radius 3 is 2.56 bits per heavy atom. The lowest BCUT2D eigenvalue weighted by atomic mass is 10.3. The van der Waals surface area contributed by atoms with Gasteiger partial charge in [0.15, 0.2) is 17.8 Å². The van der Waals surface area contributed by atoms with E-state index in [1.807, 2.05) is 0 Å². The van der Waals surface area contributed by atoms with Crippen molar-refractivity contribution in [3.8, 4) is 0 Å². The van der Waals surface area contributed by atoms with Crippen molar-refractivity contribution in [3.63, 3.8) is 0 Å². The van der Waals surface area contributed by atoms with Crippen molar-refractivity contribution < 1.29 is 14.4 Å². The molecule has 3 rings (SSSR count). The molecule has 0 atom stereocenters. The summed E-state index contributed by atoms with van der Waals surface area (Å²) in [6, 6.07) is 0. The van der Waals surface area contributed by atoms with E-state index >= 15 is 0 Å². The largest absolute Gasteiger partial charge is 0.450 e. The SMILES string of the molecule is CCOC(=O)N1CC[NH+](Cn2cnc3c2c(=O)n(C)c(=O)n3C)CC1. The molecule has 136 valence electrons.